The number of fused-ring (bicyclic) bond motifs is 1. The predicted molar refractivity (Wildman–Crippen MR) is 101 cm³/mol. The molecular weight excluding hydrogens is 423 g/mol. The third-order valence-corrected chi connectivity index (χ3v) is 6.72. The second-order valence-electron chi connectivity index (χ2n) is 6.30. The molecule has 0 saturated heterocycles. The number of amides is 1. The average molecular weight is 441 g/mol. The van der Waals surface area contributed by atoms with Gasteiger partial charge < -0.3 is 4.90 Å². The molecule has 1 atom stereocenters. The number of benzene rings is 2. The quantitative estimate of drug-likeness (QED) is 0.792. The van der Waals surface area contributed by atoms with Crippen molar-refractivity contribution in [2.45, 2.75) is 37.8 Å². The molecule has 0 fully saturated rings. The molecule has 1 N–H and O–H groups in total. The van der Waals surface area contributed by atoms with E-state index in [4.69, 9.17) is 0 Å². The van der Waals surface area contributed by atoms with E-state index in [-0.39, 0.29) is 29.2 Å². The molecule has 0 saturated carbocycles. The summed E-state index contributed by atoms with van der Waals surface area (Å²) in [6, 6.07) is 8.86. The Morgan fingerprint density at radius 2 is 1.96 bits per heavy atom. The van der Waals surface area contributed by atoms with Gasteiger partial charge in [0.05, 0.1) is 4.90 Å². The standard InChI is InChI=1S/C18H18BrFN2O3S/c1-11-7-14-8-16(19)18(9-17(14)22(11)12(2)23)26(24,25)21-10-13-3-5-15(20)6-4-13/h3-6,8-9,11,21H,7,10H2,1-2H3/t11-/m0/s1. The Hall–Kier alpha value is -1.77. The van der Waals surface area contributed by atoms with Gasteiger partial charge in [0.15, 0.2) is 0 Å². The molecule has 2 aromatic carbocycles. The minimum Gasteiger partial charge on any atom is -0.309 e. The highest BCUT2D eigenvalue weighted by atomic mass is 79.9. The Morgan fingerprint density at radius 1 is 1.31 bits per heavy atom. The molecule has 138 valence electrons. The number of hydrogen-bond donors (Lipinski definition) is 1. The zero-order chi connectivity index (χ0) is 19.1. The minimum atomic E-state index is -3.82. The molecule has 1 heterocycles. The van der Waals surface area contributed by atoms with E-state index in [0.717, 1.165) is 5.56 Å². The van der Waals surface area contributed by atoms with Crippen molar-refractivity contribution in [3.8, 4) is 0 Å². The van der Waals surface area contributed by atoms with Crippen molar-refractivity contribution in [2.75, 3.05) is 4.90 Å². The Balaban J connectivity index is 1.90. The lowest BCUT2D eigenvalue weighted by atomic mass is 10.1. The maximum Gasteiger partial charge on any atom is 0.242 e. The minimum absolute atomic E-state index is 0.0143. The van der Waals surface area contributed by atoms with Crippen LogP contribution in [0.1, 0.15) is 25.0 Å². The van der Waals surface area contributed by atoms with Crippen LogP contribution in [0.3, 0.4) is 0 Å². The van der Waals surface area contributed by atoms with E-state index in [1.54, 1.807) is 11.0 Å². The van der Waals surface area contributed by atoms with Gasteiger partial charge in [-0.2, -0.15) is 0 Å². The van der Waals surface area contributed by atoms with Crippen LogP contribution in [-0.2, 0) is 27.8 Å². The first-order valence-electron chi connectivity index (χ1n) is 8.05. The first-order valence-corrected chi connectivity index (χ1v) is 10.3. The third-order valence-electron chi connectivity index (χ3n) is 4.36. The van der Waals surface area contributed by atoms with Crippen LogP contribution < -0.4 is 9.62 Å². The number of halogens is 2. The van der Waals surface area contributed by atoms with Crippen LogP contribution in [-0.4, -0.2) is 20.4 Å². The molecule has 0 aromatic heterocycles. The van der Waals surface area contributed by atoms with Gasteiger partial charge in [-0.3, -0.25) is 4.79 Å². The molecule has 0 radical (unpaired) electrons. The maximum atomic E-state index is 13.0. The number of rotatable bonds is 4. The summed E-state index contributed by atoms with van der Waals surface area (Å²) >= 11 is 3.33. The number of anilines is 1. The summed E-state index contributed by atoms with van der Waals surface area (Å²) in [6.07, 6.45) is 0.677. The van der Waals surface area contributed by atoms with Crippen molar-refractivity contribution in [2.24, 2.45) is 0 Å². The predicted octanol–water partition coefficient (Wildman–Crippen LogP) is 3.36. The molecule has 0 aliphatic carbocycles. The summed E-state index contributed by atoms with van der Waals surface area (Å²) < 4.78 is 41.4. The van der Waals surface area contributed by atoms with Gasteiger partial charge in [-0.25, -0.2) is 17.5 Å². The monoisotopic (exact) mass is 440 g/mol. The lowest BCUT2D eigenvalue weighted by molar-refractivity contribution is -0.116. The molecule has 0 unspecified atom stereocenters. The Morgan fingerprint density at radius 3 is 2.58 bits per heavy atom. The molecule has 0 spiro atoms. The second kappa shape index (κ2) is 7.09. The summed E-state index contributed by atoms with van der Waals surface area (Å²) in [5.41, 5.74) is 2.19. The Kier molecular flexibility index (Phi) is 5.18. The summed E-state index contributed by atoms with van der Waals surface area (Å²) in [5, 5.41) is 0. The highest BCUT2D eigenvalue weighted by molar-refractivity contribution is 9.10. The fraction of sp³-hybridized carbons (Fsp3) is 0.278. The number of carbonyl (C=O) groups excluding carboxylic acids is 1. The SMILES string of the molecule is CC(=O)N1c2cc(S(=O)(=O)NCc3ccc(F)cc3)c(Br)cc2C[C@@H]1C. The molecule has 1 aliphatic rings. The highest BCUT2D eigenvalue weighted by Gasteiger charge is 2.31. The number of nitrogens with one attached hydrogen (secondary N) is 1. The molecule has 3 rings (SSSR count). The van der Waals surface area contributed by atoms with E-state index in [1.807, 2.05) is 6.92 Å². The van der Waals surface area contributed by atoms with E-state index in [2.05, 4.69) is 20.7 Å². The summed E-state index contributed by atoms with van der Waals surface area (Å²) in [6.45, 7) is 3.43. The maximum absolute atomic E-state index is 13.0. The molecule has 1 aliphatic heterocycles. The average Bonchev–Trinajstić information content (AvgIpc) is 2.88. The lowest BCUT2D eigenvalue weighted by Gasteiger charge is -2.21. The van der Waals surface area contributed by atoms with Crippen molar-refractivity contribution in [3.05, 3.63) is 57.8 Å². The van der Waals surface area contributed by atoms with Crippen molar-refractivity contribution in [3.63, 3.8) is 0 Å². The lowest BCUT2D eigenvalue weighted by Crippen LogP contribution is -2.33. The van der Waals surface area contributed by atoms with Gasteiger partial charge in [0.1, 0.15) is 5.82 Å². The topological polar surface area (TPSA) is 66.5 Å². The molecule has 26 heavy (non-hydrogen) atoms. The molecule has 0 bridgehead atoms. The Bertz CT molecular complexity index is 961. The van der Waals surface area contributed by atoms with Crippen molar-refractivity contribution < 1.29 is 17.6 Å². The number of nitrogens with zero attached hydrogens (tertiary/aromatic N) is 1. The zero-order valence-corrected chi connectivity index (χ0v) is 16.7. The third kappa shape index (κ3) is 3.67. The van der Waals surface area contributed by atoms with Gasteiger partial charge in [0.25, 0.3) is 0 Å². The number of carbonyl (C=O) groups is 1. The van der Waals surface area contributed by atoms with Crippen molar-refractivity contribution >= 4 is 37.5 Å². The van der Waals surface area contributed by atoms with Crippen LogP contribution in [0.25, 0.3) is 0 Å². The smallest absolute Gasteiger partial charge is 0.242 e. The van der Waals surface area contributed by atoms with Crippen LogP contribution in [0.2, 0.25) is 0 Å². The molecule has 2 aromatic rings. The van der Waals surface area contributed by atoms with E-state index in [9.17, 15) is 17.6 Å². The molecule has 1 amide bonds. The normalized spacial score (nSPS) is 16.6. The van der Waals surface area contributed by atoms with Crippen LogP contribution in [0.15, 0.2) is 45.8 Å². The molecule has 5 nitrogen and oxygen atoms in total. The summed E-state index contributed by atoms with van der Waals surface area (Å²) in [7, 11) is -3.82. The van der Waals surface area contributed by atoms with Crippen LogP contribution in [0, 0.1) is 5.82 Å². The van der Waals surface area contributed by atoms with Gasteiger partial charge in [-0.15, -0.1) is 0 Å². The van der Waals surface area contributed by atoms with E-state index in [0.29, 0.717) is 22.1 Å². The highest BCUT2D eigenvalue weighted by Crippen LogP contribution is 2.37. The van der Waals surface area contributed by atoms with Gasteiger partial charge in [0, 0.05) is 29.7 Å². The number of hydrogen-bond acceptors (Lipinski definition) is 3. The fourth-order valence-corrected chi connectivity index (χ4v) is 5.29. The van der Waals surface area contributed by atoms with Gasteiger partial charge >= 0.3 is 0 Å². The second-order valence-corrected chi connectivity index (χ2v) is 8.89. The first kappa shape index (κ1) is 19.0. The van der Waals surface area contributed by atoms with E-state index in [1.165, 1.54) is 37.3 Å². The van der Waals surface area contributed by atoms with Gasteiger partial charge in [-0.05, 0) is 64.7 Å². The molecule has 8 heteroatoms. The molecular formula is C18H18BrFN2O3S. The van der Waals surface area contributed by atoms with Gasteiger partial charge in [0.2, 0.25) is 15.9 Å². The largest absolute Gasteiger partial charge is 0.309 e. The fourth-order valence-electron chi connectivity index (χ4n) is 3.16. The summed E-state index contributed by atoms with van der Waals surface area (Å²) in [4.78, 5) is 13.6. The van der Waals surface area contributed by atoms with Crippen molar-refractivity contribution in [1.82, 2.24) is 4.72 Å². The number of sulfonamides is 1. The summed E-state index contributed by atoms with van der Waals surface area (Å²) in [5.74, 6) is -0.502. The first-order chi connectivity index (χ1) is 12.2. The van der Waals surface area contributed by atoms with Crippen LogP contribution in [0.5, 0.6) is 0 Å². The van der Waals surface area contributed by atoms with Crippen molar-refractivity contribution in [1.29, 1.82) is 0 Å². The van der Waals surface area contributed by atoms with Gasteiger partial charge in [-0.1, -0.05) is 12.1 Å². The van der Waals surface area contributed by atoms with Crippen LogP contribution in [0.4, 0.5) is 10.1 Å². The van der Waals surface area contributed by atoms with E-state index >= 15 is 0 Å². The zero-order valence-electron chi connectivity index (χ0n) is 14.3. The Labute approximate surface area is 160 Å². The van der Waals surface area contributed by atoms with Crippen LogP contribution >= 0.6 is 15.9 Å². The van der Waals surface area contributed by atoms with E-state index < -0.39 is 10.0 Å².